The van der Waals surface area contributed by atoms with E-state index in [1.165, 1.54) is 19.3 Å². The molecule has 1 N–H and O–H groups in total. The van der Waals surface area contributed by atoms with Gasteiger partial charge in [0.1, 0.15) is 11.5 Å². The van der Waals surface area contributed by atoms with Crippen molar-refractivity contribution in [3.8, 4) is 0 Å². The molecule has 0 saturated heterocycles. The van der Waals surface area contributed by atoms with Gasteiger partial charge < -0.3 is 5.32 Å². The standard InChI is InChI=1S/C14H18ClN3/c15-12-4-1-3-11(9-12)10-17-14-6-2-5-13-16-7-8-18(13)14/h2,5-8,11-12,17H,1,3-4,9-10H2. The highest BCUT2D eigenvalue weighted by atomic mass is 35.5. The smallest absolute Gasteiger partial charge is 0.138 e. The van der Waals surface area contributed by atoms with Crippen molar-refractivity contribution in [1.29, 1.82) is 0 Å². The molecule has 1 fully saturated rings. The first-order chi connectivity index (χ1) is 8.83. The Hall–Kier alpha value is -1.22. The molecule has 0 radical (unpaired) electrons. The number of nitrogens with zero attached hydrogens (tertiary/aromatic N) is 2. The summed E-state index contributed by atoms with van der Waals surface area (Å²) in [6.45, 7) is 1.00. The maximum absolute atomic E-state index is 6.23. The van der Waals surface area contributed by atoms with E-state index >= 15 is 0 Å². The van der Waals surface area contributed by atoms with Gasteiger partial charge in [-0.25, -0.2) is 4.98 Å². The van der Waals surface area contributed by atoms with E-state index in [1.807, 2.05) is 24.5 Å². The first kappa shape index (κ1) is 11.8. The minimum absolute atomic E-state index is 0.370. The molecule has 2 unspecified atom stereocenters. The van der Waals surface area contributed by atoms with Gasteiger partial charge in [-0.3, -0.25) is 4.40 Å². The van der Waals surface area contributed by atoms with Crippen LogP contribution in [0.2, 0.25) is 0 Å². The summed E-state index contributed by atoms with van der Waals surface area (Å²) in [6, 6.07) is 6.14. The molecule has 96 valence electrons. The van der Waals surface area contributed by atoms with E-state index in [9.17, 15) is 0 Å². The van der Waals surface area contributed by atoms with Gasteiger partial charge in [-0.15, -0.1) is 11.6 Å². The maximum atomic E-state index is 6.23. The molecule has 3 rings (SSSR count). The number of imidazole rings is 1. The predicted molar refractivity (Wildman–Crippen MR) is 75.3 cm³/mol. The second-order valence-corrected chi connectivity index (χ2v) is 5.69. The first-order valence-electron chi connectivity index (χ1n) is 6.63. The van der Waals surface area contributed by atoms with E-state index in [-0.39, 0.29) is 0 Å². The summed E-state index contributed by atoms with van der Waals surface area (Å²) in [4.78, 5) is 4.29. The number of rotatable bonds is 3. The number of hydrogen-bond acceptors (Lipinski definition) is 2. The van der Waals surface area contributed by atoms with Gasteiger partial charge in [0.2, 0.25) is 0 Å². The first-order valence-corrected chi connectivity index (χ1v) is 7.06. The molecule has 2 aromatic heterocycles. The lowest BCUT2D eigenvalue weighted by Gasteiger charge is -2.26. The Morgan fingerprint density at radius 3 is 3.22 bits per heavy atom. The molecule has 0 aliphatic heterocycles. The van der Waals surface area contributed by atoms with Crippen LogP contribution in [0.4, 0.5) is 5.82 Å². The van der Waals surface area contributed by atoms with Gasteiger partial charge in [-0.05, 0) is 37.3 Å². The van der Waals surface area contributed by atoms with Crippen molar-refractivity contribution in [2.45, 2.75) is 31.1 Å². The Labute approximate surface area is 112 Å². The van der Waals surface area contributed by atoms with Crippen LogP contribution in [0.15, 0.2) is 30.6 Å². The molecule has 0 aromatic carbocycles. The average molecular weight is 264 g/mol. The van der Waals surface area contributed by atoms with Crippen LogP contribution in [0.3, 0.4) is 0 Å². The predicted octanol–water partition coefficient (Wildman–Crippen LogP) is 3.54. The normalized spacial score (nSPS) is 24.3. The van der Waals surface area contributed by atoms with Crippen LogP contribution in [0.5, 0.6) is 0 Å². The van der Waals surface area contributed by atoms with Gasteiger partial charge >= 0.3 is 0 Å². The van der Waals surface area contributed by atoms with E-state index in [0.29, 0.717) is 11.3 Å². The molecule has 0 bridgehead atoms. The lowest BCUT2D eigenvalue weighted by atomic mass is 9.89. The van der Waals surface area contributed by atoms with Crippen LogP contribution in [0, 0.1) is 5.92 Å². The zero-order valence-corrected chi connectivity index (χ0v) is 11.1. The third-order valence-corrected chi connectivity index (χ3v) is 4.12. The number of alkyl halides is 1. The zero-order valence-electron chi connectivity index (χ0n) is 10.3. The summed E-state index contributed by atoms with van der Waals surface area (Å²) < 4.78 is 2.08. The lowest BCUT2D eigenvalue weighted by Crippen LogP contribution is -2.23. The monoisotopic (exact) mass is 263 g/mol. The number of pyridine rings is 1. The quantitative estimate of drug-likeness (QED) is 0.859. The molecule has 1 saturated carbocycles. The molecule has 2 aromatic rings. The highest BCUT2D eigenvalue weighted by Gasteiger charge is 2.20. The van der Waals surface area contributed by atoms with Crippen LogP contribution in [0.1, 0.15) is 25.7 Å². The minimum atomic E-state index is 0.370. The summed E-state index contributed by atoms with van der Waals surface area (Å²) in [5.41, 5.74) is 0.985. The van der Waals surface area contributed by atoms with Gasteiger partial charge in [0.25, 0.3) is 0 Å². The third kappa shape index (κ3) is 2.46. The fourth-order valence-electron chi connectivity index (χ4n) is 2.75. The van der Waals surface area contributed by atoms with Gasteiger partial charge in [-0.1, -0.05) is 12.5 Å². The Bertz CT molecular complexity index is 522. The van der Waals surface area contributed by atoms with Crippen molar-refractivity contribution in [3.63, 3.8) is 0 Å². The second-order valence-electron chi connectivity index (χ2n) is 5.08. The van der Waals surface area contributed by atoms with Crippen molar-refractivity contribution in [1.82, 2.24) is 9.38 Å². The Balaban J connectivity index is 1.67. The van der Waals surface area contributed by atoms with E-state index in [4.69, 9.17) is 11.6 Å². The van der Waals surface area contributed by atoms with Gasteiger partial charge in [0.15, 0.2) is 0 Å². The van der Waals surface area contributed by atoms with Gasteiger partial charge in [0, 0.05) is 24.3 Å². The number of aromatic nitrogens is 2. The molecule has 18 heavy (non-hydrogen) atoms. The van der Waals surface area contributed by atoms with Crippen molar-refractivity contribution in [2.24, 2.45) is 5.92 Å². The molecule has 1 aliphatic rings. The summed E-state index contributed by atoms with van der Waals surface area (Å²) >= 11 is 6.23. The zero-order chi connectivity index (χ0) is 12.4. The molecule has 0 amide bonds. The number of halogens is 1. The molecule has 2 atom stereocenters. The summed E-state index contributed by atoms with van der Waals surface area (Å²) in [5, 5.41) is 3.90. The molecular formula is C14H18ClN3. The second kappa shape index (κ2) is 5.19. The van der Waals surface area contributed by atoms with E-state index in [0.717, 1.165) is 24.4 Å². The molecular weight excluding hydrogens is 246 g/mol. The Morgan fingerprint density at radius 1 is 1.39 bits per heavy atom. The van der Waals surface area contributed by atoms with Crippen LogP contribution in [-0.4, -0.2) is 21.3 Å². The third-order valence-electron chi connectivity index (χ3n) is 3.72. The highest BCUT2D eigenvalue weighted by molar-refractivity contribution is 6.20. The van der Waals surface area contributed by atoms with Crippen LogP contribution in [0.25, 0.3) is 5.65 Å². The number of nitrogens with one attached hydrogen (secondary N) is 1. The van der Waals surface area contributed by atoms with E-state index in [2.05, 4.69) is 20.8 Å². The topological polar surface area (TPSA) is 29.3 Å². The number of hydrogen-bond donors (Lipinski definition) is 1. The van der Waals surface area contributed by atoms with Crippen molar-refractivity contribution < 1.29 is 0 Å². The number of anilines is 1. The minimum Gasteiger partial charge on any atom is -0.371 e. The molecule has 3 nitrogen and oxygen atoms in total. The van der Waals surface area contributed by atoms with Crippen LogP contribution >= 0.6 is 11.6 Å². The summed E-state index contributed by atoms with van der Waals surface area (Å²) in [7, 11) is 0. The van der Waals surface area contributed by atoms with Crippen LogP contribution < -0.4 is 5.32 Å². The molecule has 4 heteroatoms. The number of fused-ring (bicyclic) bond motifs is 1. The SMILES string of the molecule is ClC1CCCC(CNc2cccc3nccn23)C1. The summed E-state index contributed by atoms with van der Waals surface area (Å²) in [5.74, 6) is 1.81. The van der Waals surface area contributed by atoms with Crippen molar-refractivity contribution >= 4 is 23.1 Å². The Kier molecular flexibility index (Phi) is 3.41. The fourth-order valence-corrected chi connectivity index (χ4v) is 3.16. The largest absolute Gasteiger partial charge is 0.371 e. The van der Waals surface area contributed by atoms with Crippen molar-refractivity contribution in [3.05, 3.63) is 30.6 Å². The Morgan fingerprint density at radius 2 is 2.33 bits per heavy atom. The van der Waals surface area contributed by atoms with Gasteiger partial charge in [0.05, 0.1) is 0 Å². The highest BCUT2D eigenvalue weighted by Crippen LogP contribution is 2.28. The van der Waals surface area contributed by atoms with Gasteiger partial charge in [-0.2, -0.15) is 0 Å². The van der Waals surface area contributed by atoms with E-state index < -0.39 is 0 Å². The van der Waals surface area contributed by atoms with E-state index in [1.54, 1.807) is 0 Å². The summed E-state index contributed by atoms with van der Waals surface area (Å²) in [6.07, 6.45) is 8.67. The van der Waals surface area contributed by atoms with Crippen molar-refractivity contribution in [2.75, 3.05) is 11.9 Å². The lowest BCUT2D eigenvalue weighted by molar-refractivity contribution is 0.378. The molecule has 0 spiro atoms. The van der Waals surface area contributed by atoms with Crippen LogP contribution in [-0.2, 0) is 0 Å². The molecule has 1 aliphatic carbocycles. The maximum Gasteiger partial charge on any atom is 0.138 e. The molecule has 2 heterocycles. The average Bonchev–Trinajstić information content (AvgIpc) is 2.85. The fraction of sp³-hybridized carbons (Fsp3) is 0.500.